The van der Waals surface area contributed by atoms with Crippen LogP contribution < -0.4 is 16.0 Å². The number of carbonyl (C=O) groups is 4. The summed E-state index contributed by atoms with van der Waals surface area (Å²) in [5.41, 5.74) is 0.872. The van der Waals surface area contributed by atoms with Crippen LogP contribution >= 0.6 is 0 Å². The molecule has 0 unspecified atom stereocenters. The number of piperazine rings is 1. The number of carbonyl (C=O) groups excluding carboxylic acids is 4. The van der Waals surface area contributed by atoms with Crippen molar-refractivity contribution >= 4 is 29.3 Å². The molecule has 0 radical (unpaired) electrons. The van der Waals surface area contributed by atoms with Gasteiger partial charge in [0.05, 0.1) is 5.69 Å². The van der Waals surface area contributed by atoms with Crippen LogP contribution in [-0.4, -0.2) is 88.5 Å². The van der Waals surface area contributed by atoms with Gasteiger partial charge in [0.25, 0.3) is 5.91 Å². The number of aryl methyl sites for hydroxylation is 1. The fourth-order valence-corrected chi connectivity index (χ4v) is 6.48. The Bertz CT molecular complexity index is 1390. The maximum absolute atomic E-state index is 15.6. The average molecular weight is 642 g/mol. The van der Waals surface area contributed by atoms with E-state index in [1.54, 1.807) is 24.8 Å². The largest absolute Gasteiger partial charge is 0.344 e. The molecule has 2 heterocycles. The molecule has 252 valence electrons. The number of hydrogen-bond donors (Lipinski definition) is 3. The second-order valence-electron chi connectivity index (χ2n) is 12.9. The molecule has 46 heavy (non-hydrogen) atoms. The molecule has 2 fully saturated rings. The number of benzene rings is 1. The number of nitrogens with zero attached hydrogens (tertiary/aromatic N) is 4. The number of rotatable bonds is 11. The molecule has 2 aliphatic rings. The quantitative estimate of drug-likeness (QED) is 0.338. The summed E-state index contributed by atoms with van der Waals surface area (Å²) in [5, 5.41) is 15.8. The van der Waals surface area contributed by atoms with Crippen molar-refractivity contribution in [3.63, 3.8) is 0 Å². The SMILES string of the molecule is CCC(=O)N[C@@H](C(=O)N1CCN(C)C[C@H]1C)[C@@H](C)c1ccc(NC(=O)[C@@H](NC(=O)c2nonc2CC)C2CCC(C)CC2)c(F)c1. The summed E-state index contributed by atoms with van der Waals surface area (Å²) in [5.74, 6) is -2.43. The highest BCUT2D eigenvalue weighted by molar-refractivity contribution is 6.01. The van der Waals surface area contributed by atoms with Crippen molar-refractivity contribution in [2.45, 2.75) is 97.2 Å². The van der Waals surface area contributed by atoms with Crippen LogP contribution in [0.1, 0.15) is 94.4 Å². The molecule has 1 aliphatic heterocycles. The highest BCUT2D eigenvalue weighted by atomic mass is 19.1. The van der Waals surface area contributed by atoms with Gasteiger partial charge in [0.2, 0.25) is 17.7 Å². The lowest BCUT2D eigenvalue weighted by atomic mass is 9.79. The van der Waals surface area contributed by atoms with Gasteiger partial charge in [-0.1, -0.05) is 51.8 Å². The van der Waals surface area contributed by atoms with Crippen molar-refractivity contribution in [1.29, 1.82) is 0 Å². The fraction of sp³-hybridized carbons (Fsp3) is 0.636. The third-order valence-electron chi connectivity index (χ3n) is 9.50. The van der Waals surface area contributed by atoms with Crippen molar-refractivity contribution in [2.75, 3.05) is 32.0 Å². The zero-order chi connectivity index (χ0) is 33.5. The highest BCUT2D eigenvalue weighted by Crippen LogP contribution is 2.32. The Morgan fingerprint density at radius 3 is 2.39 bits per heavy atom. The average Bonchev–Trinajstić information content (AvgIpc) is 3.52. The number of likely N-dealkylation sites (N-methyl/N-ethyl adjacent to an activating group) is 1. The van der Waals surface area contributed by atoms with E-state index in [9.17, 15) is 19.2 Å². The fourth-order valence-electron chi connectivity index (χ4n) is 6.48. The van der Waals surface area contributed by atoms with Crippen molar-refractivity contribution in [3.05, 3.63) is 41.0 Å². The van der Waals surface area contributed by atoms with Gasteiger partial charge >= 0.3 is 0 Å². The van der Waals surface area contributed by atoms with Crippen LogP contribution in [0.25, 0.3) is 0 Å². The molecular weight excluding hydrogens is 593 g/mol. The van der Waals surface area contributed by atoms with E-state index in [0.29, 0.717) is 36.7 Å². The maximum Gasteiger partial charge on any atom is 0.276 e. The molecule has 12 nitrogen and oxygen atoms in total. The van der Waals surface area contributed by atoms with Crippen molar-refractivity contribution < 1.29 is 28.2 Å². The molecule has 0 spiro atoms. The van der Waals surface area contributed by atoms with E-state index >= 15 is 4.39 Å². The predicted octanol–water partition coefficient (Wildman–Crippen LogP) is 3.50. The van der Waals surface area contributed by atoms with Gasteiger partial charge in [0.1, 0.15) is 23.6 Å². The van der Waals surface area contributed by atoms with E-state index in [2.05, 4.69) is 38.1 Å². The van der Waals surface area contributed by atoms with E-state index in [4.69, 9.17) is 4.63 Å². The lowest BCUT2D eigenvalue weighted by Gasteiger charge is -2.41. The Balaban J connectivity index is 1.53. The molecule has 0 bridgehead atoms. The van der Waals surface area contributed by atoms with E-state index in [1.165, 1.54) is 12.1 Å². The maximum atomic E-state index is 15.6. The minimum atomic E-state index is -0.920. The third kappa shape index (κ3) is 8.28. The number of nitrogens with one attached hydrogen (secondary N) is 3. The van der Waals surface area contributed by atoms with Crippen LogP contribution in [-0.2, 0) is 20.8 Å². The zero-order valence-electron chi connectivity index (χ0n) is 27.8. The van der Waals surface area contributed by atoms with Crippen LogP contribution in [0.15, 0.2) is 22.8 Å². The number of halogens is 1. The minimum absolute atomic E-state index is 0.0271. The summed E-state index contributed by atoms with van der Waals surface area (Å²) in [6.45, 7) is 11.4. The number of aromatic nitrogens is 2. The summed E-state index contributed by atoms with van der Waals surface area (Å²) in [7, 11) is 2.00. The Morgan fingerprint density at radius 2 is 1.76 bits per heavy atom. The van der Waals surface area contributed by atoms with E-state index in [-0.39, 0.29) is 41.6 Å². The topological polar surface area (TPSA) is 150 Å². The lowest BCUT2D eigenvalue weighted by Crippen LogP contribution is -2.59. The van der Waals surface area contributed by atoms with Crippen molar-refractivity contribution in [2.24, 2.45) is 11.8 Å². The standard InChI is InChI=1S/C33H48FN7O5/c1-7-25-30(39-46-38-25)32(44)37-29(22-11-9-19(3)10-12-22)31(43)35-26-14-13-23(17-24(26)34)21(5)28(36-27(42)8-2)33(45)41-16-15-40(6)18-20(41)4/h13-14,17,19-22,28-29H,7-12,15-16,18H2,1-6H3,(H,35,43)(H,36,42)(H,37,44)/t19?,20-,21+,22?,28-,29+/m1/s1. The molecule has 1 saturated carbocycles. The van der Waals surface area contributed by atoms with Gasteiger partial charge in [-0.3, -0.25) is 19.2 Å². The van der Waals surface area contributed by atoms with Gasteiger partial charge in [-0.25, -0.2) is 9.02 Å². The summed E-state index contributed by atoms with van der Waals surface area (Å²) < 4.78 is 20.4. The van der Waals surface area contributed by atoms with Gasteiger partial charge in [-0.05, 0) is 67.9 Å². The monoisotopic (exact) mass is 641 g/mol. The smallest absolute Gasteiger partial charge is 0.276 e. The number of hydrogen-bond acceptors (Lipinski definition) is 8. The summed E-state index contributed by atoms with van der Waals surface area (Å²) in [6, 6.07) is 2.56. The van der Waals surface area contributed by atoms with E-state index in [0.717, 1.165) is 32.2 Å². The van der Waals surface area contributed by atoms with Crippen LogP contribution in [0.4, 0.5) is 10.1 Å². The minimum Gasteiger partial charge on any atom is -0.344 e. The van der Waals surface area contributed by atoms with Crippen molar-refractivity contribution in [1.82, 2.24) is 30.7 Å². The van der Waals surface area contributed by atoms with Gasteiger partial charge < -0.3 is 25.8 Å². The zero-order valence-corrected chi connectivity index (χ0v) is 27.8. The predicted molar refractivity (Wildman–Crippen MR) is 170 cm³/mol. The Kier molecular flexibility index (Phi) is 11.9. The third-order valence-corrected chi connectivity index (χ3v) is 9.50. The van der Waals surface area contributed by atoms with Crippen LogP contribution in [0.5, 0.6) is 0 Å². The normalized spacial score (nSPS) is 22.4. The molecule has 1 aromatic heterocycles. The molecule has 4 atom stereocenters. The first-order valence-corrected chi connectivity index (χ1v) is 16.4. The first kappa shape index (κ1) is 35.0. The Hall–Kier alpha value is -3.87. The molecule has 2 aromatic rings. The summed E-state index contributed by atoms with van der Waals surface area (Å²) in [6.07, 6.45) is 3.94. The molecule has 1 aromatic carbocycles. The second-order valence-corrected chi connectivity index (χ2v) is 12.9. The van der Waals surface area contributed by atoms with Crippen LogP contribution in [0.2, 0.25) is 0 Å². The number of amides is 4. The number of anilines is 1. The van der Waals surface area contributed by atoms with E-state index < -0.39 is 35.6 Å². The van der Waals surface area contributed by atoms with Gasteiger partial charge in [0, 0.05) is 38.0 Å². The summed E-state index contributed by atoms with van der Waals surface area (Å²) in [4.78, 5) is 56.9. The Labute approximate surface area is 270 Å². The van der Waals surface area contributed by atoms with Gasteiger partial charge in [-0.2, -0.15) is 0 Å². The Morgan fingerprint density at radius 1 is 1.04 bits per heavy atom. The van der Waals surface area contributed by atoms with Gasteiger partial charge in [-0.15, -0.1) is 0 Å². The highest BCUT2D eigenvalue weighted by Gasteiger charge is 2.37. The molecule has 3 N–H and O–H groups in total. The molecule has 4 rings (SSSR count). The molecule has 1 aliphatic carbocycles. The second kappa shape index (κ2) is 15.6. The van der Waals surface area contributed by atoms with E-state index in [1.807, 2.05) is 20.9 Å². The first-order chi connectivity index (χ1) is 21.9. The molecule has 1 saturated heterocycles. The van der Waals surface area contributed by atoms with Crippen molar-refractivity contribution in [3.8, 4) is 0 Å². The molecular formula is C33H48FN7O5. The van der Waals surface area contributed by atoms with Crippen LogP contribution in [0.3, 0.4) is 0 Å². The van der Waals surface area contributed by atoms with Crippen LogP contribution in [0, 0.1) is 17.7 Å². The lowest BCUT2D eigenvalue weighted by molar-refractivity contribution is -0.140. The summed E-state index contributed by atoms with van der Waals surface area (Å²) >= 11 is 0. The molecule has 4 amide bonds. The molecule has 13 heteroatoms. The first-order valence-electron chi connectivity index (χ1n) is 16.4. The van der Waals surface area contributed by atoms with Gasteiger partial charge in [0.15, 0.2) is 5.69 Å².